The minimum absolute atomic E-state index is 0.0824. The number of nitrogens with one attached hydrogen (secondary N) is 3. The Labute approximate surface area is 182 Å². The number of methoxy groups -OCH3 is 2. The van der Waals surface area contributed by atoms with Crippen molar-refractivity contribution in [2.24, 2.45) is 5.92 Å². The van der Waals surface area contributed by atoms with Crippen LogP contribution in [0.3, 0.4) is 0 Å². The minimum Gasteiger partial charge on any atom is -0.493 e. The molecule has 2 rings (SSSR count). The fraction of sp³-hybridized carbons (Fsp3) is 0.348. The second-order valence-corrected chi connectivity index (χ2v) is 7.19. The van der Waals surface area contributed by atoms with Crippen molar-refractivity contribution in [2.75, 3.05) is 32.6 Å². The predicted molar refractivity (Wildman–Crippen MR) is 119 cm³/mol. The number of carbonyl (C=O) groups is 3. The Morgan fingerprint density at radius 1 is 0.871 bits per heavy atom. The number of benzene rings is 2. The van der Waals surface area contributed by atoms with Crippen LogP contribution in [0.2, 0.25) is 0 Å². The third kappa shape index (κ3) is 7.33. The average molecular weight is 428 g/mol. The quantitative estimate of drug-likeness (QED) is 0.505. The molecule has 8 nitrogen and oxygen atoms in total. The Hall–Kier alpha value is -3.55. The lowest BCUT2D eigenvalue weighted by Gasteiger charge is -2.11. The van der Waals surface area contributed by atoms with Gasteiger partial charge in [0.05, 0.1) is 20.6 Å². The van der Waals surface area contributed by atoms with Crippen LogP contribution in [0.15, 0.2) is 42.5 Å². The number of hydrogen-bond donors (Lipinski definition) is 3. The first-order valence-corrected chi connectivity index (χ1v) is 10.0. The molecule has 8 heteroatoms. The molecule has 0 bridgehead atoms. The van der Waals surface area contributed by atoms with Crippen LogP contribution in [0.25, 0.3) is 0 Å². The van der Waals surface area contributed by atoms with E-state index < -0.39 is 0 Å². The summed E-state index contributed by atoms with van der Waals surface area (Å²) in [6, 6.07) is 12.0. The highest BCUT2D eigenvalue weighted by atomic mass is 16.5. The van der Waals surface area contributed by atoms with Crippen LogP contribution in [0.4, 0.5) is 5.69 Å². The number of carbonyl (C=O) groups excluding carboxylic acids is 3. The summed E-state index contributed by atoms with van der Waals surface area (Å²) in [4.78, 5) is 36.0. The molecule has 31 heavy (non-hydrogen) atoms. The van der Waals surface area contributed by atoms with E-state index in [1.807, 2.05) is 13.8 Å². The van der Waals surface area contributed by atoms with E-state index in [4.69, 9.17) is 9.47 Å². The molecule has 2 aromatic carbocycles. The molecule has 2 aromatic rings. The largest absolute Gasteiger partial charge is 0.493 e. The molecule has 3 amide bonds. The lowest BCUT2D eigenvalue weighted by Crippen LogP contribution is -2.35. The van der Waals surface area contributed by atoms with Crippen molar-refractivity contribution in [3.05, 3.63) is 53.6 Å². The summed E-state index contributed by atoms with van der Waals surface area (Å²) < 4.78 is 10.4. The Bertz CT molecular complexity index is 910. The molecule has 0 fully saturated rings. The molecule has 0 spiro atoms. The monoisotopic (exact) mass is 427 g/mol. The highest BCUT2D eigenvalue weighted by Crippen LogP contribution is 2.27. The molecule has 0 unspecified atom stereocenters. The van der Waals surface area contributed by atoms with Gasteiger partial charge in [0.25, 0.3) is 5.91 Å². The molecular formula is C23H29N3O5. The molecule has 0 saturated carbocycles. The molecule has 0 aliphatic heterocycles. The van der Waals surface area contributed by atoms with Crippen molar-refractivity contribution < 1.29 is 23.9 Å². The maximum absolute atomic E-state index is 12.2. The van der Waals surface area contributed by atoms with E-state index in [1.165, 1.54) is 0 Å². The highest BCUT2D eigenvalue weighted by molar-refractivity contribution is 5.96. The topological polar surface area (TPSA) is 106 Å². The molecule has 0 aliphatic rings. The molecular weight excluding hydrogens is 398 g/mol. The maximum Gasteiger partial charge on any atom is 0.251 e. The second-order valence-electron chi connectivity index (χ2n) is 7.19. The van der Waals surface area contributed by atoms with Crippen LogP contribution in [-0.2, 0) is 16.0 Å². The van der Waals surface area contributed by atoms with E-state index in [-0.39, 0.29) is 30.1 Å². The second kappa shape index (κ2) is 11.6. The van der Waals surface area contributed by atoms with E-state index in [1.54, 1.807) is 56.7 Å². The zero-order valence-electron chi connectivity index (χ0n) is 18.3. The number of ether oxygens (including phenoxy) is 2. The van der Waals surface area contributed by atoms with Gasteiger partial charge in [-0.3, -0.25) is 14.4 Å². The zero-order chi connectivity index (χ0) is 22.8. The SMILES string of the molecule is COc1ccc(CC(=O)NCCNC(=O)c2ccc(NC(=O)C(C)C)cc2)cc1OC. The Morgan fingerprint density at radius 3 is 2.13 bits per heavy atom. The first kappa shape index (κ1) is 23.7. The fourth-order valence-electron chi connectivity index (χ4n) is 2.71. The third-order valence-electron chi connectivity index (χ3n) is 4.48. The van der Waals surface area contributed by atoms with Gasteiger partial charge in [-0.25, -0.2) is 0 Å². The third-order valence-corrected chi connectivity index (χ3v) is 4.48. The van der Waals surface area contributed by atoms with Gasteiger partial charge in [0.15, 0.2) is 11.5 Å². The predicted octanol–water partition coefficient (Wildman–Crippen LogP) is 2.39. The van der Waals surface area contributed by atoms with Gasteiger partial charge in [0, 0.05) is 30.3 Å². The summed E-state index contributed by atoms with van der Waals surface area (Å²) in [6.07, 6.45) is 0.192. The van der Waals surface area contributed by atoms with Crippen molar-refractivity contribution in [1.29, 1.82) is 0 Å². The van der Waals surface area contributed by atoms with E-state index in [0.717, 1.165) is 5.56 Å². The van der Waals surface area contributed by atoms with Crippen LogP contribution in [0.1, 0.15) is 29.8 Å². The Balaban J connectivity index is 1.75. The van der Waals surface area contributed by atoms with Crippen molar-refractivity contribution >= 4 is 23.4 Å². The normalized spacial score (nSPS) is 10.4. The average Bonchev–Trinajstić information content (AvgIpc) is 2.76. The van der Waals surface area contributed by atoms with Crippen LogP contribution in [0, 0.1) is 5.92 Å². The van der Waals surface area contributed by atoms with Gasteiger partial charge < -0.3 is 25.4 Å². The molecule has 0 aliphatic carbocycles. The number of hydrogen-bond acceptors (Lipinski definition) is 5. The van der Waals surface area contributed by atoms with Crippen LogP contribution in [0.5, 0.6) is 11.5 Å². The van der Waals surface area contributed by atoms with E-state index in [0.29, 0.717) is 35.8 Å². The van der Waals surface area contributed by atoms with Crippen molar-refractivity contribution in [2.45, 2.75) is 20.3 Å². The summed E-state index contributed by atoms with van der Waals surface area (Å²) in [5, 5.41) is 8.30. The van der Waals surface area contributed by atoms with Crippen molar-refractivity contribution in [3.8, 4) is 11.5 Å². The first-order valence-electron chi connectivity index (χ1n) is 10.0. The summed E-state index contributed by atoms with van der Waals surface area (Å²) in [6.45, 7) is 4.22. The van der Waals surface area contributed by atoms with Gasteiger partial charge >= 0.3 is 0 Å². The van der Waals surface area contributed by atoms with E-state index in [9.17, 15) is 14.4 Å². The number of anilines is 1. The first-order chi connectivity index (χ1) is 14.8. The summed E-state index contributed by atoms with van der Waals surface area (Å²) in [5.74, 6) is 0.549. The summed E-state index contributed by atoms with van der Waals surface area (Å²) in [7, 11) is 3.09. The molecule has 0 saturated heterocycles. The van der Waals surface area contributed by atoms with Crippen LogP contribution < -0.4 is 25.4 Å². The molecule has 0 atom stereocenters. The molecule has 0 radical (unpaired) electrons. The maximum atomic E-state index is 12.2. The van der Waals surface area contributed by atoms with Crippen molar-refractivity contribution in [1.82, 2.24) is 10.6 Å². The van der Waals surface area contributed by atoms with Gasteiger partial charge in [-0.2, -0.15) is 0 Å². The van der Waals surface area contributed by atoms with Gasteiger partial charge in [0.2, 0.25) is 11.8 Å². The summed E-state index contributed by atoms with van der Waals surface area (Å²) >= 11 is 0. The molecule has 3 N–H and O–H groups in total. The number of amides is 3. The zero-order valence-corrected chi connectivity index (χ0v) is 18.3. The van der Waals surface area contributed by atoms with Gasteiger partial charge in [-0.15, -0.1) is 0 Å². The van der Waals surface area contributed by atoms with Crippen LogP contribution >= 0.6 is 0 Å². The molecule has 0 aromatic heterocycles. The number of rotatable bonds is 10. The van der Waals surface area contributed by atoms with Gasteiger partial charge in [0.1, 0.15) is 0 Å². The molecule has 0 heterocycles. The fourth-order valence-corrected chi connectivity index (χ4v) is 2.71. The minimum atomic E-state index is -0.254. The van der Waals surface area contributed by atoms with Crippen LogP contribution in [-0.4, -0.2) is 45.0 Å². The lowest BCUT2D eigenvalue weighted by atomic mass is 10.1. The van der Waals surface area contributed by atoms with Crippen molar-refractivity contribution in [3.63, 3.8) is 0 Å². The summed E-state index contributed by atoms with van der Waals surface area (Å²) in [5.41, 5.74) is 1.90. The highest BCUT2D eigenvalue weighted by Gasteiger charge is 2.10. The standard InChI is InChI=1S/C23H29N3O5/c1-15(2)22(28)26-18-8-6-17(7-9-18)23(29)25-12-11-24-21(27)14-16-5-10-19(30-3)20(13-16)31-4/h5-10,13,15H,11-12,14H2,1-4H3,(H,24,27)(H,25,29)(H,26,28). The smallest absolute Gasteiger partial charge is 0.251 e. The lowest BCUT2D eigenvalue weighted by molar-refractivity contribution is -0.120. The molecule has 166 valence electrons. The van der Waals surface area contributed by atoms with E-state index in [2.05, 4.69) is 16.0 Å². The Kier molecular flexibility index (Phi) is 8.87. The Morgan fingerprint density at radius 2 is 1.52 bits per heavy atom. The van der Waals surface area contributed by atoms with E-state index >= 15 is 0 Å². The van der Waals surface area contributed by atoms with Gasteiger partial charge in [-0.05, 0) is 42.0 Å². The van der Waals surface area contributed by atoms with Gasteiger partial charge in [-0.1, -0.05) is 19.9 Å².